The lowest BCUT2D eigenvalue weighted by molar-refractivity contribution is 0.363. The van der Waals surface area contributed by atoms with Crippen LogP contribution in [0.4, 0.5) is 0 Å². The van der Waals surface area contributed by atoms with Gasteiger partial charge in [-0.3, -0.25) is 0 Å². The molecule has 0 saturated heterocycles. The third-order valence-electron chi connectivity index (χ3n) is 4.44. The molecule has 0 bridgehead atoms. The fourth-order valence-electron chi connectivity index (χ4n) is 3.12. The van der Waals surface area contributed by atoms with Crippen LogP contribution < -0.4 is 5.32 Å². The van der Waals surface area contributed by atoms with Gasteiger partial charge in [0.05, 0.1) is 12.3 Å². The van der Waals surface area contributed by atoms with Gasteiger partial charge in [-0.25, -0.2) is 5.01 Å². The average Bonchev–Trinajstić information content (AvgIpc) is 3.36. The Morgan fingerprint density at radius 3 is 2.74 bits per heavy atom. The van der Waals surface area contributed by atoms with Gasteiger partial charge in [-0.2, -0.15) is 5.10 Å². The van der Waals surface area contributed by atoms with E-state index in [1.807, 2.05) is 47.5 Å². The fourth-order valence-corrected chi connectivity index (χ4v) is 3.77. The quantitative estimate of drug-likeness (QED) is 0.562. The van der Waals surface area contributed by atoms with E-state index in [4.69, 9.17) is 21.7 Å². The Morgan fingerprint density at radius 2 is 2.00 bits per heavy atom. The van der Waals surface area contributed by atoms with E-state index >= 15 is 0 Å². The van der Waals surface area contributed by atoms with E-state index in [0.717, 1.165) is 27.9 Å². The summed E-state index contributed by atoms with van der Waals surface area (Å²) < 4.78 is 6.59. The van der Waals surface area contributed by atoms with Gasteiger partial charge < -0.3 is 9.73 Å². The Labute approximate surface area is 172 Å². The van der Waals surface area contributed by atoms with Crippen molar-refractivity contribution in [2.24, 2.45) is 5.10 Å². The monoisotopic (exact) mass is 439 g/mol. The highest BCUT2D eigenvalue weighted by atomic mass is 79.9. The Morgan fingerprint density at radius 1 is 1.15 bits per heavy atom. The standard InChI is InChI=1S/C21H18BrN3OS/c22-17-9-4-8-16(12-17)19-13-18(20-10-5-11-26-20)24-25(19)21(27)23-14-15-6-2-1-3-7-15/h1-12,19H,13-14H2,(H,23,27)/t19-/m0/s1. The van der Waals surface area contributed by atoms with Crippen molar-refractivity contribution < 1.29 is 4.42 Å². The van der Waals surface area contributed by atoms with E-state index in [-0.39, 0.29) is 6.04 Å². The maximum Gasteiger partial charge on any atom is 0.190 e. The minimum atomic E-state index is 0.0263. The smallest absolute Gasteiger partial charge is 0.190 e. The normalized spacial score (nSPS) is 16.3. The highest BCUT2D eigenvalue weighted by molar-refractivity contribution is 9.10. The number of benzene rings is 2. The van der Waals surface area contributed by atoms with Crippen LogP contribution in [-0.2, 0) is 6.54 Å². The van der Waals surface area contributed by atoms with Crippen LogP contribution in [0.3, 0.4) is 0 Å². The van der Waals surface area contributed by atoms with E-state index in [2.05, 4.69) is 45.5 Å². The predicted molar refractivity (Wildman–Crippen MR) is 114 cm³/mol. The summed E-state index contributed by atoms with van der Waals surface area (Å²) in [6, 6.07) is 22.3. The Balaban J connectivity index is 1.57. The number of hydrogen-bond acceptors (Lipinski definition) is 3. The molecule has 0 unspecified atom stereocenters. The van der Waals surface area contributed by atoms with Crippen LogP contribution in [0.5, 0.6) is 0 Å². The third kappa shape index (κ3) is 4.12. The van der Waals surface area contributed by atoms with Crippen molar-refractivity contribution in [3.05, 3.63) is 94.4 Å². The predicted octanol–water partition coefficient (Wildman–Crippen LogP) is 5.27. The molecule has 1 aliphatic heterocycles. The summed E-state index contributed by atoms with van der Waals surface area (Å²) in [4.78, 5) is 0. The highest BCUT2D eigenvalue weighted by Crippen LogP contribution is 2.34. The molecule has 1 atom stereocenters. The molecule has 0 saturated carbocycles. The molecule has 0 radical (unpaired) electrons. The molecule has 1 N–H and O–H groups in total. The molecule has 0 fully saturated rings. The van der Waals surface area contributed by atoms with E-state index in [0.29, 0.717) is 11.7 Å². The molecular formula is C21H18BrN3OS. The first-order valence-corrected chi connectivity index (χ1v) is 9.88. The molecule has 4 nitrogen and oxygen atoms in total. The molecule has 6 heteroatoms. The first-order chi connectivity index (χ1) is 13.2. The van der Waals surface area contributed by atoms with Crippen LogP contribution in [-0.4, -0.2) is 15.8 Å². The number of thiocarbonyl (C=S) groups is 1. The molecular weight excluding hydrogens is 422 g/mol. The van der Waals surface area contributed by atoms with Crippen molar-refractivity contribution in [3.63, 3.8) is 0 Å². The molecule has 2 aromatic carbocycles. The van der Waals surface area contributed by atoms with Crippen LogP contribution >= 0.6 is 28.1 Å². The molecule has 27 heavy (non-hydrogen) atoms. The lowest BCUT2D eigenvalue weighted by atomic mass is 10.0. The molecule has 0 spiro atoms. The van der Waals surface area contributed by atoms with Gasteiger partial charge in [0, 0.05) is 17.4 Å². The van der Waals surface area contributed by atoms with Crippen molar-refractivity contribution in [1.82, 2.24) is 10.3 Å². The van der Waals surface area contributed by atoms with E-state index < -0.39 is 0 Å². The number of halogens is 1. The Kier molecular flexibility index (Phi) is 5.36. The summed E-state index contributed by atoms with van der Waals surface area (Å²) in [7, 11) is 0. The van der Waals surface area contributed by atoms with Crippen LogP contribution in [0.15, 0.2) is 87.0 Å². The maximum absolute atomic E-state index is 5.67. The van der Waals surface area contributed by atoms with Crippen molar-refractivity contribution >= 4 is 39.0 Å². The van der Waals surface area contributed by atoms with Crippen molar-refractivity contribution in [2.75, 3.05) is 0 Å². The largest absolute Gasteiger partial charge is 0.463 e. The van der Waals surface area contributed by atoms with Gasteiger partial charge in [-0.15, -0.1) is 0 Å². The Bertz CT molecular complexity index is 957. The van der Waals surface area contributed by atoms with Crippen molar-refractivity contribution in [3.8, 4) is 0 Å². The molecule has 0 amide bonds. The summed E-state index contributed by atoms with van der Waals surface area (Å²) in [6.07, 6.45) is 2.40. The molecule has 1 aromatic heterocycles. The number of hydrogen-bond donors (Lipinski definition) is 1. The molecule has 136 valence electrons. The zero-order valence-electron chi connectivity index (χ0n) is 14.5. The van der Waals surface area contributed by atoms with E-state index in [9.17, 15) is 0 Å². The maximum atomic E-state index is 5.67. The summed E-state index contributed by atoms with van der Waals surface area (Å²) in [5.41, 5.74) is 3.22. The van der Waals surface area contributed by atoms with Crippen LogP contribution in [0.2, 0.25) is 0 Å². The van der Waals surface area contributed by atoms with Crippen LogP contribution in [0.25, 0.3) is 0 Å². The topological polar surface area (TPSA) is 40.8 Å². The van der Waals surface area contributed by atoms with Gasteiger partial charge in [-0.05, 0) is 47.6 Å². The molecule has 0 aliphatic carbocycles. The number of nitrogens with one attached hydrogen (secondary N) is 1. The molecule has 4 rings (SSSR count). The highest BCUT2D eigenvalue weighted by Gasteiger charge is 2.32. The van der Waals surface area contributed by atoms with Gasteiger partial charge in [0.15, 0.2) is 5.11 Å². The van der Waals surface area contributed by atoms with Crippen LogP contribution in [0.1, 0.15) is 29.3 Å². The number of furan rings is 1. The average molecular weight is 440 g/mol. The van der Waals surface area contributed by atoms with Crippen molar-refractivity contribution in [1.29, 1.82) is 0 Å². The van der Waals surface area contributed by atoms with Crippen LogP contribution in [0, 0.1) is 0 Å². The van der Waals surface area contributed by atoms with Gasteiger partial charge in [-0.1, -0.05) is 58.4 Å². The lowest BCUT2D eigenvalue weighted by Crippen LogP contribution is -2.36. The number of hydrazone groups is 1. The SMILES string of the molecule is S=C(NCc1ccccc1)N1N=C(c2ccco2)C[C@H]1c1cccc(Br)c1. The second kappa shape index (κ2) is 8.06. The summed E-state index contributed by atoms with van der Waals surface area (Å²) in [5, 5.41) is 10.6. The second-order valence-corrected chi connectivity index (χ2v) is 7.59. The second-order valence-electron chi connectivity index (χ2n) is 6.29. The molecule has 3 aromatic rings. The first-order valence-electron chi connectivity index (χ1n) is 8.68. The number of rotatable bonds is 4. The molecule has 1 aliphatic rings. The van der Waals surface area contributed by atoms with E-state index in [1.54, 1.807) is 6.26 Å². The zero-order chi connectivity index (χ0) is 18.6. The fraction of sp³-hybridized carbons (Fsp3) is 0.143. The lowest BCUT2D eigenvalue weighted by Gasteiger charge is -2.25. The van der Waals surface area contributed by atoms with Gasteiger partial charge in [0.2, 0.25) is 0 Å². The summed E-state index contributed by atoms with van der Waals surface area (Å²) >= 11 is 9.23. The van der Waals surface area contributed by atoms with Gasteiger partial charge in [0.1, 0.15) is 11.5 Å². The minimum absolute atomic E-state index is 0.0263. The third-order valence-corrected chi connectivity index (χ3v) is 5.27. The van der Waals surface area contributed by atoms with Crippen molar-refractivity contribution in [2.45, 2.75) is 19.0 Å². The van der Waals surface area contributed by atoms with E-state index in [1.165, 1.54) is 5.56 Å². The minimum Gasteiger partial charge on any atom is -0.463 e. The number of nitrogens with zero attached hydrogens (tertiary/aromatic N) is 2. The first kappa shape index (κ1) is 17.9. The zero-order valence-corrected chi connectivity index (χ0v) is 16.9. The molecule has 2 heterocycles. The summed E-state index contributed by atoms with van der Waals surface area (Å²) in [6.45, 7) is 0.660. The van der Waals surface area contributed by atoms with Gasteiger partial charge in [0.25, 0.3) is 0 Å². The Hall–Kier alpha value is -2.44. The van der Waals surface area contributed by atoms with Gasteiger partial charge >= 0.3 is 0 Å². The summed E-state index contributed by atoms with van der Waals surface area (Å²) in [5.74, 6) is 0.781.